The van der Waals surface area contributed by atoms with Gasteiger partial charge >= 0.3 is 0 Å². The molecule has 0 fully saturated rings. The van der Waals surface area contributed by atoms with Gasteiger partial charge in [0, 0.05) is 5.33 Å². The maximum atomic E-state index is 8.78. The number of ether oxygens (including phenoxy) is 1. The fourth-order valence-corrected chi connectivity index (χ4v) is 2.82. The Kier molecular flexibility index (Phi) is 9.45. The van der Waals surface area contributed by atoms with E-state index in [-0.39, 0.29) is 0 Å². The molecular weight excluding hydrogens is 390 g/mol. The van der Waals surface area contributed by atoms with Gasteiger partial charge < -0.3 is 4.74 Å². The standard InChI is InChI=1S/C21H24BrN3O/c22-15-5-3-1-2-4-6-16-26-21-13-11-20(12-14-21)25-24-19-9-7-18(17-23)8-10-19/h7-14H,1-6,15-16H2. The maximum Gasteiger partial charge on any atom is 0.119 e. The van der Waals surface area contributed by atoms with Crippen molar-refractivity contribution in [3.63, 3.8) is 0 Å². The van der Waals surface area contributed by atoms with E-state index in [0.29, 0.717) is 5.56 Å². The summed E-state index contributed by atoms with van der Waals surface area (Å²) in [6.45, 7) is 0.755. The van der Waals surface area contributed by atoms with Gasteiger partial charge in [0.05, 0.1) is 29.6 Å². The fraction of sp³-hybridized carbons (Fsp3) is 0.381. The normalized spacial score (nSPS) is 10.8. The smallest absolute Gasteiger partial charge is 0.119 e. The van der Waals surface area contributed by atoms with E-state index < -0.39 is 0 Å². The first-order chi connectivity index (χ1) is 12.8. The number of nitriles is 1. The Morgan fingerprint density at radius 2 is 1.31 bits per heavy atom. The lowest BCUT2D eigenvalue weighted by Crippen LogP contribution is -1.96. The molecule has 0 radical (unpaired) electrons. The first-order valence-electron chi connectivity index (χ1n) is 9.02. The van der Waals surface area contributed by atoms with Crippen molar-refractivity contribution in [2.75, 3.05) is 11.9 Å². The number of rotatable bonds is 11. The van der Waals surface area contributed by atoms with Crippen LogP contribution in [0.2, 0.25) is 0 Å². The SMILES string of the molecule is N#Cc1ccc(N=Nc2ccc(OCCCCCCCCBr)cc2)cc1. The highest BCUT2D eigenvalue weighted by Gasteiger charge is 1.97. The van der Waals surface area contributed by atoms with Crippen LogP contribution in [0.5, 0.6) is 5.75 Å². The minimum Gasteiger partial charge on any atom is -0.494 e. The molecule has 0 unspecified atom stereocenters. The van der Waals surface area contributed by atoms with E-state index in [1.54, 1.807) is 24.3 Å². The lowest BCUT2D eigenvalue weighted by molar-refractivity contribution is 0.304. The molecule has 4 nitrogen and oxygen atoms in total. The van der Waals surface area contributed by atoms with Gasteiger partial charge in [-0.3, -0.25) is 0 Å². The Labute approximate surface area is 164 Å². The number of nitrogens with zero attached hydrogens (tertiary/aromatic N) is 3. The molecular formula is C21H24BrN3O. The first kappa shape index (κ1) is 20.1. The summed E-state index contributed by atoms with van der Waals surface area (Å²) in [6.07, 6.45) is 7.49. The molecule has 0 aliphatic heterocycles. The second-order valence-electron chi connectivity index (χ2n) is 6.01. The molecule has 136 valence electrons. The van der Waals surface area contributed by atoms with Gasteiger partial charge in [0.15, 0.2) is 0 Å². The second kappa shape index (κ2) is 12.2. The van der Waals surface area contributed by atoms with Crippen LogP contribution >= 0.6 is 15.9 Å². The Morgan fingerprint density at radius 1 is 0.769 bits per heavy atom. The Hall–Kier alpha value is -2.19. The molecule has 0 saturated carbocycles. The number of hydrogen-bond donors (Lipinski definition) is 0. The third kappa shape index (κ3) is 7.79. The monoisotopic (exact) mass is 413 g/mol. The van der Waals surface area contributed by atoms with Crippen LogP contribution in [0.25, 0.3) is 0 Å². The number of hydrogen-bond acceptors (Lipinski definition) is 4. The first-order valence-corrected chi connectivity index (χ1v) is 10.1. The highest BCUT2D eigenvalue weighted by Crippen LogP contribution is 2.21. The highest BCUT2D eigenvalue weighted by molar-refractivity contribution is 9.09. The third-order valence-electron chi connectivity index (χ3n) is 3.91. The van der Waals surface area contributed by atoms with Crippen LogP contribution in [-0.2, 0) is 0 Å². The van der Waals surface area contributed by atoms with E-state index in [1.165, 1.54) is 32.1 Å². The summed E-state index contributed by atoms with van der Waals surface area (Å²) in [4.78, 5) is 0. The van der Waals surface area contributed by atoms with Gasteiger partial charge in [-0.2, -0.15) is 15.5 Å². The Bertz CT molecular complexity index is 706. The van der Waals surface area contributed by atoms with Crippen LogP contribution in [0.1, 0.15) is 44.1 Å². The van der Waals surface area contributed by atoms with Crippen molar-refractivity contribution in [2.24, 2.45) is 10.2 Å². The zero-order valence-corrected chi connectivity index (χ0v) is 16.5. The molecule has 0 heterocycles. The highest BCUT2D eigenvalue weighted by atomic mass is 79.9. The Balaban J connectivity index is 1.69. The molecule has 0 spiro atoms. The van der Waals surface area contributed by atoms with Gasteiger partial charge in [-0.1, -0.05) is 41.6 Å². The largest absolute Gasteiger partial charge is 0.494 e. The summed E-state index contributed by atoms with van der Waals surface area (Å²) in [6, 6.07) is 16.7. The number of unbranched alkanes of at least 4 members (excludes halogenated alkanes) is 5. The second-order valence-corrected chi connectivity index (χ2v) is 6.80. The average Bonchev–Trinajstić information content (AvgIpc) is 2.69. The van der Waals surface area contributed by atoms with Crippen molar-refractivity contribution in [3.8, 4) is 11.8 Å². The van der Waals surface area contributed by atoms with Gasteiger partial charge in [-0.15, -0.1) is 0 Å². The summed E-state index contributed by atoms with van der Waals surface area (Å²) >= 11 is 3.46. The van der Waals surface area contributed by atoms with Crippen LogP contribution in [0.3, 0.4) is 0 Å². The van der Waals surface area contributed by atoms with Crippen molar-refractivity contribution in [1.29, 1.82) is 5.26 Å². The number of azo groups is 1. The van der Waals surface area contributed by atoms with E-state index in [2.05, 4.69) is 32.2 Å². The summed E-state index contributed by atoms with van der Waals surface area (Å²) in [7, 11) is 0. The van der Waals surface area contributed by atoms with E-state index in [0.717, 1.165) is 35.5 Å². The van der Waals surface area contributed by atoms with Crippen LogP contribution in [0, 0.1) is 11.3 Å². The van der Waals surface area contributed by atoms with Gasteiger partial charge in [-0.05, 0) is 61.4 Å². The van der Waals surface area contributed by atoms with E-state index in [9.17, 15) is 0 Å². The molecule has 0 aliphatic carbocycles. The maximum absolute atomic E-state index is 8.78. The van der Waals surface area contributed by atoms with Crippen LogP contribution in [-0.4, -0.2) is 11.9 Å². The van der Waals surface area contributed by atoms with Gasteiger partial charge in [-0.25, -0.2) is 0 Å². The quantitative estimate of drug-likeness (QED) is 0.224. The molecule has 26 heavy (non-hydrogen) atoms. The lowest BCUT2D eigenvalue weighted by Gasteiger charge is -2.06. The average molecular weight is 414 g/mol. The topological polar surface area (TPSA) is 57.7 Å². The number of benzene rings is 2. The molecule has 2 aromatic carbocycles. The van der Waals surface area contributed by atoms with Crippen molar-refractivity contribution < 1.29 is 4.74 Å². The van der Waals surface area contributed by atoms with Crippen LogP contribution in [0.15, 0.2) is 58.8 Å². The molecule has 0 saturated heterocycles. The van der Waals surface area contributed by atoms with Crippen molar-refractivity contribution in [2.45, 2.75) is 38.5 Å². The molecule has 2 rings (SSSR count). The molecule has 0 aromatic heterocycles. The predicted octanol–water partition coefficient (Wildman–Crippen LogP) is 7.09. The zero-order chi connectivity index (χ0) is 18.5. The summed E-state index contributed by atoms with van der Waals surface area (Å²) in [5.41, 5.74) is 2.11. The summed E-state index contributed by atoms with van der Waals surface area (Å²) < 4.78 is 5.77. The van der Waals surface area contributed by atoms with Gasteiger partial charge in [0.2, 0.25) is 0 Å². The summed E-state index contributed by atoms with van der Waals surface area (Å²) in [5.74, 6) is 0.863. The van der Waals surface area contributed by atoms with Gasteiger partial charge in [0.25, 0.3) is 0 Å². The third-order valence-corrected chi connectivity index (χ3v) is 4.47. The lowest BCUT2D eigenvalue weighted by atomic mass is 10.1. The van der Waals surface area contributed by atoms with Crippen molar-refractivity contribution in [1.82, 2.24) is 0 Å². The number of alkyl halides is 1. The van der Waals surface area contributed by atoms with Gasteiger partial charge in [0.1, 0.15) is 5.75 Å². The molecule has 0 N–H and O–H groups in total. The molecule has 0 amide bonds. The van der Waals surface area contributed by atoms with Crippen LogP contribution in [0.4, 0.5) is 11.4 Å². The molecule has 0 atom stereocenters. The van der Waals surface area contributed by atoms with E-state index in [1.807, 2.05) is 24.3 Å². The summed E-state index contributed by atoms with van der Waals surface area (Å²) in [5, 5.41) is 18.3. The zero-order valence-electron chi connectivity index (χ0n) is 14.9. The number of halogens is 1. The minimum absolute atomic E-state index is 0.615. The molecule has 2 aromatic rings. The molecule has 0 aliphatic rings. The van der Waals surface area contributed by atoms with E-state index in [4.69, 9.17) is 10.00 Å². The fourth-order valence-electron chi connectivity index (χ4n) is 2.42. The van der Waals surface area contributed by atoms with Crippen LogP contribution < -0.4 is 4.74 Å². The molecule has 0 bridgehead atoms. The van der Waals surface area contributed by atoms with Crippen molar-refractivity contribution in [3.05, 3.63) is 54.1 Å². The van der Waals surface area contributed by atoms with E-state index >= 15 is 0 Å². The Morgan fingerprint density at radius 3 is 1.88 bits per heavy atom. The minimum atomic E-state index is 0.615. The molecule has 5 heteroatoms. The predicted molar refractivity (Wildman–Crippen MR) is 109 cm³/mol. The van der Waals surface area contributed by atoms with Crippen molar-refractivity contribution >= 4 is 27.3 Å².